The standard InChI is InChI=1S/C19H14N2O.2ClH/c1-22-17-7-3-2-6-15(17)16-11-10-14-9-8-13-5-4-12-20-18(13)19(14)21-16;;/h2-12H,1H3;2*1H/p-1. The quantitative estimate of drug-likeness (QED) is 0.514. The van der Waals surface area contributed by atoms with Gasteiger partial charge in [0.05, 0.1) is 23.8 Å². The Labute approximate surface area is 152 Å². The Morgan fingerprint density at radius 3 is 2.29 bits per heavy atom. The first-order chi connectivity index (χ1) is 10.9. The molecule has 0 spiro atoms. The van der Waals surface area contributed by atoms with Crippen molar-refractivity contribution in [3.05, 3.63) is 66.9 Å². The molecule has 0 unspecified atom stereocenters. The molecule has 0 amide bonds. The summed E-state index contributed by atoms with van der Waals surface area (Å²) in [6.07, 6.45) is 1.80. The Balaban J connectivity index is 0.00000104. The third-order valence-corrected chi connectivity index (χ3v) is 3.82. The summed E-state index contributed by atoms with van der Waals surface area (Å²) in [6, 6.07) is 20.2. The van der Waals surface area contributed by atoms with Gasteiger partial charge in [-0.1, -0.05) is 36.4 Å². The summed E-state index contributed by atoms with van der Waals surface area (Å²) in [4.78, 5) is 9.33. The molecule has 0 radical (unpaired) electrons. The van der Waals surface area contributed by atoms with Gasteiger partial charge in [-0.15, -0.1) is 12.4 Å². The van der Waals surface area contributed by atoms with Gasteiger partial charge in [0.15, 0.2) is 0 Å². The molecule has 2 aromatic heterocycles. The Bertz CT molecular complexity index is 989. The lowest BCUT2D eigenvalue weighted by Crippen LogP contribution is -3.00. The van der Waals surface area contributed by atoms with Crippen LogP contribution in [0.4, 0.5) is 0 Å². The van der Waals surface area contributed by atoms with Crippen LogP contribution in [-0.4, -0.2) is 17.1 Å². The van der Waals surface area contributed by atoms with Gasteiger partial charge in [-0.25, -0.2) is 4.98 Å². The Hall–Kier alpha value is -2.36. The fourth-order valence-corrected chi connectivity index (χ4v) is 2.73. The van der Waals surface area contributed by atoms with Crippen LogP contribution in [0.5, 0.6) is 5.75 Å². The van der Waals surface area contributed by atoms with Crippen LogP contribution in [0.3, 0.4) is 0 Å². The predicted molar refractivity (Wildman–Crippen MR) is 96.3 cm³/mol. The van der Waals surface area contributed by atoms with E-state index in [0.717, 1.165) is 38.8 Å². The Morgan fingerprint density at radius 2 is 1.50 bits per heavy atom. The largest absolute Gasteiger partial charge is 1.00 e. The van der Waals surface area contributed by atoms with Gasteiger partial charge in [0.1, 0.15) is 5.75 Å². The van der Waals surface area contributed by atoms with Crippen LogP contribution in [0.2, 0.25) is 0 Å². The van der Waals surface area contributed by atoms with Crippen LogP contribution in [0.15, 0.2) is 66.9 Å². The lowest BCUT2D eigenvalue weighted by molar-refractivity contribution is -0.00000481. The zero-order valence-corrected chi connectivity index (χ0v) is 14.5. The van der Waals surface area contributed by atoms with Crippen molar-refractivity contribution in [2.24, 2.45) is 0 Å². The van der Waals surface area contributed by atoms with Gasteiger partial charge < -0.3 is 17.1 Å². The molecular weight excluding hydrogens is 343 g/mol. The summed E-state index contributed by atoms with van der Waals surface area (Å²) in [7, 11) is 1.68. The number of fused-ring (bicyclic) bond motifs is 3. The van der Waals surface area contributed by atoms with Crippen LogP contribution in [0.1, 0.15) is 0 Å². The molecule has 24 heavy (non-hydrogen) atoms. The summed E-state index contributed by atoms with van der Waals surface area (Å²) in [6.45, 7) is 0. The number of nitrogens with zero attached hydrogens (tertiary/aromatic N) is 2. The average molecular weight is 358 g/mol. The maximum Gasteiger partial charge on any atom is 0.128 e. The van der Waals surface area contributed by atoms with Crippen LogP contribution >= 0.6 is 12.4 Å². The van der Waals surface area contributed by atoms with Crippen molar-refractivity contribution in [1.29, 1.82) is 0 Å². The van der Waals surface area contributed by atoms with Gasteiger partial charge in [-0.3, -0.25) is 4.98 Å². The van der Waals surface area contributed by atoms with Crippen LogP contribution < -0.4 is 17.1 Å². The van der Waals surface area contributed by atoms with Crippen molar-refractivity contribution < 1.29 is 17.1 Å². The van der Waals surface area contributed by atoms with Gasteiger partial charge in [-0.2, -0.15) is 0 Å². The average Bonchev–Trinajstić information content (AvgIpc) is 2.61. The fraction of sp³-hybridized carbons (Fsp3) is 0.0526. The SMILES string of the molecule is COc1ccccc1-c1ccc2ccc3cccnc3c2n1.Cl.[Cl-]. The normalized spacial score (nSPS) is 10.0. The second kappa shape index (κ2) is 7.47. The number of hydrogen-bond donors (Lipinski definition) is 0. The lowest BCUT2D eigenvalue weighted by atomic mass is 10.1. The van der Waals surface area contributed by atoms with Gasteiger partial charge in [-0.05, 0) is 24.3 Å². The maximum atomic E-state index is 5.44. The number of rotatable bonds is 2. The van der Waals surface area contributed by atoms with E-state index in [0.29, 0.717) is 0 Å². The van der Waals surface area contributed by atoms with Crippen molar-refractivity contribution in [1.82, 2.24) is 9.97 Å². The molecule has 0 aliphatic carbocycles. The first-order valence-electron chi connectivity index (χ1n) is 7.15. The predicted octanol–water partition coefficient (Wildman–Crippen LogP) is 1.88. The molecule has 0 N–H and O–H groups in total. The van der Waals surface area contributed by atoms with E-state index in [9.17, 15) is 0 Å². The number of hydrogen-bond acceptors (Lipinski definition) is 3. The second-order valence-corrected chi connectivity index (χ2v) is 5.11. The number of pyridine rings is 2. The van der Waals surface area contributed by atoms with Crippen molar-refractivity contribution in [3.8, 4) is 17.0 Å². The molecule has 3 nitrogen and oxygen atoms in total. The third kappa shape index (κ3) is 3.01. The molecule has 0 bridgehead atoms. The van der Waals surface area contributed by atoms with Crippen molar-refractivity contribution >= 4 is 34.2 Å². The van der Waals surface area contributed by atoms with E-state index in [1.807, 2.05) is 36.4 Å². The first kappa shape index (κ1) is 18.0. The number of halogens is 2. The minimum atomic E-state index is 0. The summed E-state index contributed by atoms with van der Waals surface area (Å²) in [5, 5.41) is 2.18. The monoisotopic (exact) mass is 357 g/mol. The topological polar surface area (TPSA) is 35.0 Å². The summed E-state index contributed by atoms with van der Waals surface area (Å²) in [5.74, 6) is 0.822. The van der Waals surface area contributed by atoms with E-state index in [1.165, 1.54) is 0 Å². The van der Waals surface area contributed by atoms with Gasteiger partial charge in [0.25, 0.3) is 0 Å². The zero-order chi connectivity index (χ0) is 14.9. The number of para-hydroxylation sites is 1. The fourth-order valence-electron chi connectivity index (χ4n) is 2.73. The number of aromatic nitrogens is 2. The Kier molecular flexibility index (Phi) is 5.60. The summed E-state index contributed by atoms with van der Waals surface area (Å²) < 4.78 is 5.44. The molecule has 0 saturated heterocycles. The summed E-state index contributed by atoms with van der Waals surface area (Å²) in [5.41, 5.74) is 3.72. The molecule has 4 rings (SSSR count). The second-order valence-electron chi connectivity index (χ2n) is 5.11. The van der Waals surface area contributed by atoms with Crippen LogP contribution in [-0.2, 0) is 0 Å². The molecule has 0 aliphatic heterocycles. The van der Waals surface area contributed by atoms with E-state index >= 15 is 0 Å². The molecule has 0 saturated carbocycles. The maximum absolute atomic E-state index is 5.44. The lowest BCUT2D eigenvalue weighted by Gasteiger charge is -2.09. The number of benzene rings is 2. The zero-order valence-electron chi connectivity index (χ0n) is 12.9. The van der Waals surface area contributed by atoms with Crippen molar-refractivity contribution in [2.75, 3.05) is 7.11 Å². The van der Waals surface area contributed by atoms with Gasteiger partial charge in [0, 0.05) is 22.5 Å². The summed E-state index contributed by atoms with van der Waals surface area (Å²) >= 11 is 0. The van der Waals surface area contributed by atoms with E-state index in [-0.39, 0.29) is 24.8 Å². The van der Waals surface area contributed by atoms with Gasteiger partial charge >= 0.3 is 0 Å². The molecule has 2 aromatic carbocycles. The van der Waals surface area contributed by atoms with E-state index in [4.69, 9.17) is 9.72 Å². The molecule has 4 aromatic rings. The van der Waals surface area contributed by atoms with Gasteiger partial charge in [0.2, 0.25) is 0 Å². The third-order valence-electron chi connectivity index (χ3n) is 3.82. The van der Waals surface area contributed by atoms with Crippen LogP contribution in [0.25, 0.3) is 33.1 Å². The highest BCUT2D eigenvalue weighted by Crippen LogP contribution is 2.31. The smallest absolute Gasteiger partial charge is 0.128 e. The van der Waals surface area contributed by atoms with E-state index in [1.54, 1.807) is 13.3 Å². The highest BCUT2D eigenvalue weighted by molar-refractivity contribution is 6.03. The molecular formula is C19H15Cl2N2O-. The first-order valence-corrected chi connectivity index (χ1v) is 7.15. The van der Waals surface area contributed by atoms with Crippen molar-refractivity contribution in [3.63, 3.8) is 0 Å². The molecule has 5 heteroatoms. The number of methoxy groups -OCH3 is 1. The minimum Gasteiger partial charge on any atom is -1.00 e. The molecule has 0 fully saturated rings. The molecule has 2 heterocycles. The van der Waals surface area contributed by atoms with E-state index in [2.05, 4.69) is 29.2 Å². The molecule has 0 atom stereocenters. The molecule has 122 valence electrons. The minimum absolute atomic E-state index is 0. The van der Waals surface area contributed by atoms with E-state index < -0.39 is 0 Å². The highest BCUT2D eigenvalue weighted by atomic mass is 35.5. The van der Waals surface area contributed by atoms with Crippen molar-refractivity contribution in [2.45, 2.75) is 0 Å². The number of ether oxygens (including phenoxy) is 1. The van der Waals surface area contributed by atoms with Crippen LogP contribution in [0, 0.1) is 0 Å². The Morgan fingerprint density at radius 1 is 0.792 bits per heavy atom. The molecule has 0 aliphatic rings. The highest BCUT2D eigenvalue weighted by Gasteiger charge is 2.09.